The zero-order valence-electron chi connectivity index (χ0n) is 18.6. The minimum atomic E-state index is -1.20. The maximum Gasteiger partial charge on any atom is 0.326 e. The van der Waals surface area contributed by atoms with Crippen molar-refractivity contribution < 1.29 is 34.2 Å². The van der Waals surface area contributed by atoms with E-state index in [2.05, 4.69) is 28.6 Å². The predicted octanol–water partition coefficient (Wildman–Crippen LogP) is -1.47. The molecule has 0 bridgehead atoms. The van der Waals surface area contributed by atoms with Crippen LogP contribution in [0.15, 0.2) is 0 Å². The van der Waals surface area contributed by atoms with Crippen LogP contribution in [0, 0.1) is 0 Å². The highest BCUT2D eigenvalue weighted by Crippen LogP contribution is 2.05. The molecular formula is C19H35N5O7S2. The number of hydrogen-bond acceptors (Lipinski definition) is 9. The van der Waals surface area contributed by atoms with Crippen LogP contribution >= 0.6 is 24.4 Å². The number of hydrogen-bond donors (Lipinski definition) is 8. The Kier molecular flexibility index (Phi) is 16.4. The van der Waals surface area contributed by atoms with Crippen LogP contribution in [0.2, 0.25) is 0 Å². The van der Waals surface area contributed by atoms with E-state index in [1.54, 1.807) is 0 Å². The third-order valence-corrected chi connectivity index (χ3v) is 5.64. The lowest BCUT2D eigenvalue weighted by Crippen LogP contribution is -2.57. The van der Waals surface area contributed by atoms with Crippen LogP contribution in [-0.2, 0) is 24.0 Å². The summed E-state index contributed by atoms with van der Waals surface area (Å²) in [5.74, 6) is -3.95. The minimum absolute atomic E-state index is 0.0968. The molecule has 0 aromatic rings. The first-order chi connectivity index (χ1) is 15.6. The molecule has 9 N–H and O–H groups in total. The van der Waals surface area contributed by atoms with Crippen LogP contribution in [0.25, 0.3) is 0 Å². The number of carboxylic acid groups (broad SMARTS) is 2. The molecule has 4 unspecified atom stereocenters. The van der Waals surface area contributed by atoms with Gasteiger partial charge in [0.15, 0.2) is 0 Å². The Labute approximate surface area is 202 Å². The molecule has 0 saturated heterocycles. The van der Waals surface area contributed by atoms with Gasteiger partial charge < -0.3 is 37.6 Å². The van der Waals surface area contributed by atoms with Gasteiger partial charge in [-0.05, 0) is 50.7 Å². The van der Waals surface area contributed by atoms with E-state index in [-0.39, 0.29) is 31.4 Å². The maximum absolute atomic E-state index is 12.8. The molecular weight excluding hydrogens is 474 g/mol. The van der Waals surface area contributed by atoms with Crippen molar-refractivity contribution in [2.75, 3.05) is 24.3 Å². The molecule has 190 valence electrons. The van der Waals surface area contributed by atoms with Gasteiger partial charge in [0.2, 0.25) is 17.7 Å². The van der Waals surface area contributed by atoms with Crippen molar-refractivity contribution in [3.8, 4) is 0 Å². The number of carbonyl (C=O) groups is 5. The summed E-state index contributed by atoms with van der Waals surface area (Å²) >= 11 is 5.51. The van der Waals surface area contributed by atoms with Gasteiger partial charge in [-0.15, -0.1) is 0 Å². The summed E-state index contributed by atoms with van der Waals surface area (Å²) in [4.78, 5) is 59.7. The number of thioether (sulfide) groups is 1. The summed E-state index contributed by atoms with van der Waals surface area (Å²) in [6.45, 7) is 0.402. The average Bonchev–Trinajstić information content (AvgIpc) is 2.77. The van der Waals surface area contributed by atoms with Crippen LogP contribution in [0.1, 0.15) is 38.5 Å². The second kappa shape index (κ2) is 17.4. The standard InChI is InChI=1S/C19H35N5O7S2/c1-33-9-7-12(22-16(27)11(21)5-6-15(25)26)17(28)24-14(10-32)18(29)23-13(19(30)31)4-2-3-8-20/h11-14,32H,2-10,20-21H2,1H3,(H,22,27)(H,23,29)(H,24,28)(H,25,26)(H,30,31). The molecule has 0 spiro atoms. The molecule has 12 nitrogen and oxygen atoms in total. The Bertz CT molecular complexity index is 668. The second-order valence-corrected chi connectivity index (χ2v) is 8.66. The number of nitrogens with two attached hydrogens (primary N) is 2. The van der Waals surface area contributed by atoms with Gasteiger partial charge in [0, 0.05) is 12.2 Å². The number of nitrogens with one attached hydrogen (secondary N) is 3. The number of aliphatic carboxylic acids is 2. The molecule has 0 rings (SSSR count). The smallest absolute Gasteiger partial charge is 0.326 e. The van der Waals surface area contributed by atoms with E-state index in [4.69, 9.17) is 16.6 Å². The summed E-state index contributed by atoms with van der Waals surface area (Å²) in [5.41, 5.74) is 11.1. The largest absolute Gasteiger partial charge is 0.481 e. The third kappa shape index (κ3) is 13.3. The number of carboxylic acids is 2. The van der Waals surface area contributed by atoms with Crippen LogP contribution in [0.4, 0.5) is 0 Å². The summed E-state index contributed by atoms with van der Waals surface area (Å²) in [7, 11) is 0. The molecule has 0 aliphatic carbocycles. The van der Waals surface area contributed by atoms with Crippen LogP contribution in [0.5, 0.6) is 0 Å². The monoisotopic (exact) mass is 509 g/mol. The summed E-state index contributed by atoms with van der Waals surface area (Å²) < 4.78 is 0. The molecule has 0 aliphatic rings. The van der Waals surface area contributed by atoms with E-state index in [0.717, 1.165) is 0 Å². The predicted molar refractivity (Wildman–Crippen MR) is 128 cm³/mol. The van der Waals surface area contributed by atoms with E-state index in [0.29, 0.717) is 25.1 Å². The Balaban J connectivity index is 5.12. The average molecular weight is 510 g/mol. The number of unbranched alkanes of at least 4 members (excludes halogenated alkanes) is 1. The van der Waals surface area contributed by atoms with Crippen LogP contribution < -0.4 is 27.4 Å². The van der Waals surface area contributed by atoms with Crippen molar-refractivity contribution >= 4 is 54.1 Å². The number of rotatable bonds is 18. The lowest BCUT2D eigenvalue weighted by Gasteiger charge is -2.24. The van der Waals surface area contributed by atoms with Crippen molar-refractivity contribution in [2.24, 2.45) is 11.5 Å². The van der Waals surface area contributed by atoms with Crippen LogP contribution in [0.3, 0.4) is 0 Å². The molecule has 4 atom stereocenters. The minimum Gasteiger partial charge on any atom is -0.481 e. The van der Waals surface area contributed by atoms with E-state index in [1.807, 2.05) is 6.26 Å². The lowest BCUT2D eigenvalue weighted by molar-refractivity contribution is -0.142. The maximum atomic E-state index is 12.8. The lowest BCUT2D eigenvalue weighted by atomic mass is 10.1. The highest BCUT2D eigenvalue weighted by Gasteiger charge is 2.29. The first-order valence-corrected chi connectivity index (χ1v) is 12.5. The molecule has 0 aliphatic heterocycles. The molecule has 33 heavy (non-hydrogen) atoms. The summed E-state index contributed by atoms with van der Waals surface area (Å²) in [6, 6.07) is -4.40. The molecule has 3 amide bonds. The zero-order chi connectivity index (χ0) is 25.4. The van der Waals surface area contributed by atoms with Crippen LogP contribution in [-0.4, -0.2) is 88.3 Å². The Morgan fingerprint density at radius 3 is 1.97 bits per heavy atom. The summed E-state index contributed by atoms with van der Waals surface area (Å²) in [6.07, 6.45) is 2.97. The fraction of sp³-hybridized carbons (Fsp3) is 0.737. The zero-order valence-corrected chi connectivity index (χ0v) is 20.3. The molecule has 0 aromatic heterocycles. The second-order valence-electron chi connectivity index (χ2n) is 7.31. The number of thiol groups is 1. The van der Waals surface area contributed by atoms with Crippen molar-refractivity contribution in [3.05, 3.63) is 0 Å². The fourth-order valence-electron chi connectivity index (χ4n) is 2.68. The van der Waals surface area contributed by atoms with E-state index in [9.17, 15) is 29.1 Å². The first kappa shape index (κ1) is 31.0. The molecule has 0 saturated carbocycles. The van der Waals surface area contributed by atoms with Gasteiger partial charge in [-0.25, -0.2) is 4.79 Å². The Morgan fingerprint density at radius 2 is 1.45 bits per heavy atom. The van der Waals surface area contributed by atoms with Crippen molar-refractivity contribution in [1.82, 2.24) is 16.0 Å². The normalized spacial score (nSPS) is 14.4. The first-order valence-electron chi connectivity index (χ1n) is 10.5. The quantitative estimate of drug-likeness (QED) is 0.0793. The third-order valence-electron chi connectivity index (χ3n) is 4.63. The fourth-order valence-corrected chi connectivity index (χ4v) is 3.41. The van der Waals surface area contributed by atoms with Gasteiger partial charge in [0.25, 0.3) is 0 Å². The van der Waals surface area contributed by atoms with Gasteiger partial charge >= 0.3 is 11.9 Å². The SMILES string of the molecule is CSCCC(NC(=O)C(N)CCC(=O)O)C(=O)NC(CS)C(=O)NC(CCCCN)C(=O)O. The molecule has 0 heterocycles. The highest BCUT2D eigenvalue weighted by atomic mass is 32.2. The molecule has 0 fully saturated rings. The molecule has 0 aromatic carbocycles. The summed E-state index contributed by atoms with van der Waals surface area (Å²) in [5, 5.41) is 25.4. The van der Waals surface area contributed by atoms with Gasteiger partial charge in [0.05, 0.1) is 6.04 Å². The molecule has 14 heteroatoms. The number of amides is 3. The highest BCUT2D eigenvalue weighted by molar-refractivity contribution is 7.98. The van der Waals surface area contributed by atoms with E-state index in [1.165, 1.54) is 11.8 Å². The van der Waals surface area contributed by atoms with Crippen molar-refractivity contribution in [2.45, 2.75) is 62.7 Å². The Morgan fingerprint density at radius 1 is 0.879 bits per heavy atom. The van der Waals surface area contributed by atoms with Gasteiger partial charge in [-0.3, -0.25) is 19.2 Å². The van der Waals surface area contributed by atoms with Gasteiger partial charge in [-0.2, -0.15) is 24.4 Å². The molecule has 0 radical (unpaired) electrons. The van der Waals surface area contributed by atoms with Crippen molar-refractivity contribution in [1.29, 1.82) is 0 Å². The van der Waals surface area contributed by atoms with E-state index >= 15 is 0 Å². The van der Waals surface area contributed by atoms with E-state index < -0.39 is 53.8 Å². The van der Waals surface area contributed by atoms with Gasteiger partial charge in [-0.1, -0.05) is 0 Å². The van der Waals surface area contributed by atoms with Gasteiger partial charge in [0.1, 0.15) is 18.1 Å². The van der Waals surface area contributed by atoms with Crippen molar-refractivity contribution in [3.63, 3.8) is 0 Å². The number of carbonyl (C=O) groups excluding carboxylic acids is 3. The Hall–Kier alpha value is -2.03. The topological polar surface area (TPSA) is 214 Å².